The van der Waals surface area contributed by atoms with Crippen LogP contribution in [0.3, 0.4) is 0 Å². The monoisotopic (exact) mass is 459 g/mol. The first-order valence-electron chi connectivity index (χ1n) is 11.1. The molecule has 0 amide bonds. The number of H-pyrrole nitrogens is 1. The molecule has 3 saturated carbocycles. The molecule has 9 nitrogen and oxygen atoms in total. The Labute approximate surface area is 191 Å². The van der Waals surface area contributed by atoms with Gasteiger partial charge in [-0.25, -0.2) is 4.98 Å². The number of aromatic amines is 1. The van der Waals surface area contributed by atoms with Crippen LogP contribution in [0.1, 0.15) is 52.0 Å². The number of imidazole rings is 1. The fourth-order valence-electron chi connectivity index (χ4n) is 4.84. The second kappa shape index (κ2) is 9.46. The largest absolute Gasteiger partial charge is 0.400 e. The smallest absolute Gasteiger partial charge is 0.271 e. The highest BCUT2D eigenvalue weighted by Gasteiger charge is 2.36. The van der Waals surface area contributed by atoms with E-state index in [0.29, 0.717) is 40.0 Å². The molecule has 10 heteroatoms. The summed E-state index contributed by atoms with van der Waals surface area (Å²) >= 11 is 6.07. The molecule has 3 heterocycles. The molecular weight excluding hydrogens is 430 g/mol. The number of halogens is 1. The van der Waals surface area contributed by atoms with E-state index in [1.54, 1.807) is 12.4 Å². The first-order valence-corrected chi connectivity index (χ1v) is 11.5. The lowest BCUT2D eigenvalue weighted by Gasteiger charge is -2.42. The van der Waals surface area contributed by atoms with E-state index in [4.69, 9.17) is 26.7 Å². The van der Waals surface area contributed by atoms with E-state index < -0.39 is 0 Å². The summed E-state index contributed by atoms with van der Waals surface area (Å²) in [4.78, 5) is 28.9. The van der Waals surface area contributed by atoms with E-state index >= 15 is 0 Å². The number of hydrogen-bond acceptors (Lipinski definition) is 7. The van der Waals surface area contributed by atoms with Crippen molar-refractivity contribution in [1.29, 1.82) is 0 Å². The molecule has 1 atom stereocenters. The van der Waals surface area contributed by atoms with Gasteiger partial charge in [0.15, 0.2) is 17.0 Å². The third kappa shape index (κ3) is 4.45. The number of pyridine rings is 1. The van der Waals surface area contributed by atoms with Gasteiger partial charge >= 0.3 is 0 Å². The van der Waals surface area contributed by atoms with Gasteiger partial charge in [0.1, 0.15) is 5.69 Å². The number of aliphatic hydroxyl groups excluding tert-OH is 1. The van der Waals surface area contributed by atoms with E-state index in [-0.39, 0.29) is 11.6 Å². The van der Waals surface area contributed by atoms with Crippen LogP contribution >= 0.6 is 11.6 Å². The zero-order valence-corrected chi connectivity index (χ0v) is 19.4. The summed E-state index contributed by atoms with van der Waals surface area (Å²) in [5.41, 5.74) is 1.42. The molecule has 3 aromatic rings. The molecule has 6 rings (SSSR count). The van der Waals surface area contributed by atoms with Crippen molar-refractivity contribution in [3.63, 3.8) is 0 Å². The highest BCUT2D eigenvalue weighted by Crippen LogP contribution is 2.42. The van der Waals surface area contributed by atoms with Gasteiger partial charge in [0, 0.05) is 25.4 Å². The van der Waals surface area contributed by atoms with Gasteiger partial charge in [-0.2, -0.15) is 9.97 Å². The standard InChI is InChI=1S/C21H26ClN7O.CH4O/c1-11(2)29-10-24-17-18(25-16-8-14(22)9-23-20(16)30)27-21(28-19(17)29)26-15-7-12-3-5-13(15)6-4-12;1-2/h8-13,15H,3-7H2,1-2H3,(H,23,30)(H2,25,26,27,28);2H,1H3. The molecule has 0 aliphatic heterocycles. The molecular formula is C22H30ClN7O2. The van der Waals surface area contributed by atoms with Crippen LogP contribution in [0.2, 0.25) is 5.02 Å². The molecule has 0 spiro atoms. The van der Waals surface area contributed by atoms with Gasteiger partial charge in [-0.05, 0) is 51.0 Å². The fourth-order valence-corrected chi connectivity index (χ4v) is 5.01. The predicted octanol–water partition coefficient (Wildman–Crippen LogP) is 4.09. The third-order valence-corrected chi connectivity index (χ3v) is 6.68. The van der Waals surface area contributed by atoms with Crippen molar-refractivity contribution in [2.45, 2.75) is 58.0 Å². The van der Waals surface area contributed by atoms with Crippen LogP contribution in [0.5, 0.6) is 0 Å². The zero-order valence-electron chi connectivity index (χ0n) is 18.6. The van der Waals surface area contributed by atoms with Crippen LogP contribution in [0.4, 0.5) is 17.5 Å². The minimum absolute atomic E-state index is 0.200. The van der Waals surface area contributed by atoms with Gasteiger partial charge in [0.05, 0.1) is 11.3 Å². The lowest BCUT2D eigenvalue weighted by atomic mass is 9.68. The first kappa shape index (κ1) is 22.5. The van der Waals surface area contributed by atoms with Crippen LogP contribution < -0.4 is 16.2 Å². The molecule has 3 aromatic heterocycles. The molecule has 0 radical (unpaired) electrons. The average Bonchev–Trinajstić information content (AvgIpc) is 3.23. The molecule has 3 fully saturated rings. The first-order chi connectivity index (χ1) is 15.5. The highest BCUT2D eigenvalue weighted by atomic mass is 35.5. The predicted molar refractivity (Wildman–Crippen MR) is 127 cm³/mol. The lowest BCUT2D eigenvalue weighted by Crippen LogP contribution is -2.40. The molecule has 3 aliphatic carbocycles. The SMILES string of the molecule is CC(C)n1cnc2c(Nc3cc(Cl)c[nH]c3=O)nc(NC3CC4CCC3CC4)nc21.CO. The Morgan fingerprint density at radius 2 is 1.97 bits per heavy atom. The molecule has 4 N–H and O–H groups in total. The molecule has 1 unspecified atom stereocenters. The zero-order chi connectivity index (χ0) is 22.8. The van der Waals surface area contributed by atoms with E-state index in [0.717, 1.165) is 18.7 Å². The number of fused-ring (bicyclic) bond motifs is 4. The molecule has 2 bridgehead atoms. The number of anilines is 3. The Balaban J connectivity index is 0.00000119. The van der Waals surface area contributed by atoms with Crippen LogP contribution in [0.15, 0.2) is 23.4 Å². The fraction of sp³-hybridized carbons (Fsp3) is 0.545. The van der Waals surface area contributed by atoms with Crippen LogP contribution in [-0.4, -0.2) is 42.8 Å². The van der Waals surface area contributed by atoms with Gasteiger partial charge in [0.2, 0.25) is 5.95 Å². The van der Waals surface area contributed by atoms with Gasteiger partial charge in [-0.1, -0.05) is 24.4 Å². The number of aromatic nitrogens is 5. The number of nitrogens with zero attached hydrogens (tertiary/aromatic N) is 4. The van der Waals surface area contributed by atoms with Crippen LogP contribution in [-0.2, 0) is 0 Å². The van der Waals surface area contributed by atoms with E-state index in [9.17, 15) is 4.79 Å². The van der Waals surface area contributed by atoms with E-state index in [1.807, 2.05) is 4.57 Å². The maximum absolute atomic E-state index is 12.3. The summed E-state index contributed by atoms with van der Waals surface area (Å²) in [6.45, 7) is 4.18. The van der Waals surface area contributed by atoms with Crippen molar-refractivity contribution < 1.29 is 5.11 Å². The molecule has 0 aromatic carbocycles. The minimum Gasteiger partial charge on any atom is -0.400 e. The van der Waals surface area contributed by atoms with Crippen molar-refractivity contribution in [1.82, 2.24) is 24.5 Å². The second-order valence-corrected chi connectivity index (χ2v) is 9.20. The molecule has 172 valence electrons. The quantitative estimate of drug-likeness (QED) is 0.453. The van der Waals surface area contributed by atoms with Crippen molar-refractivity contribution in [2.75, 3.05) is 17.7 Å². The summed E-state index contributed by atoms with van der Waals surface area (Å²) < 4.78 is 2.02. The van der Waals surface area contributed by atoms with Crippen molar-refractivity contribution in [3.05, 3.63) is 34.0 Å². The van der Waals surface area contributed by atoms with E-state index in [1.165, 1.54) is 38.3 Å². The second-order valence-electron chi connectivity index (χ2n) is 8.77. The topological polar surface area (TPSA) is 121 Å². The molecule has 0 saturated heterocycles. The molecule has 3 aliphatic rings. The number of aliphatic hydroxyl groups is 1. The number of nitrogens with one attached hydrogen (secondary N) is 3. The van der Waals surface area contributed by atoms with E-state index in [2.05, 4.69) is 34.4 Å². The Bertz CT molecular complexity index is 1140. The van der Waals surface area contributed by atoms with Crippen molar-refractivity contribution in [3.8, 4) is 0 Å². The summed E-state index contributed by atoms with van der Waals surface area (Å²) in [6.07, 6.45) is 9.63. The average molecular weight is 460 g/mol. The Morgan fingerprint density at radius 1 is 1.22 bits per heavy atom. The highest BCUT2D eigenvalue weighted by molar-refractivity contribution is 6.30. The maximum atomic E-state index is 12.3. The van der Waals surface area contributed by atoms with Gasteiger partial charge in [-0.3, -0.25) is 4.79 Å². The normalized spacial score (nSPS) is 22.0. The van der Waals surface area contributed by atoms with Gasteiger partial charge in [0.25, 0.3) is 5.56 Å². The minimum atomic E-state index is -0.270. The Kier molecular flexibility index (Phi) is 6.66. The Hall–Kier alpha value is -2.65. The molecule has 32 heavy (non-hydrogen) atoms. The summed E-state index contributed by atoms with van der Waals surface area (Å²) in [5.74, 6) is 2.55. The van der Waals surface area contributed by atoms with Crippen molar-refractivity contribution >= 4 is 40.2 Å². The summed E-state index contributed by atoms with van der Waals surface area (Å²) in [6, 6.07) is 2.18. The third-order valence-electron chi connectivity index (χ3n) is 6.46. The van der Waals surface area contributed by atoms with Crippen LogP contribution in [0, 0.1) is 11.8 Å². The Morgan fingerprint density at radius 3 is 2.62 bits per heavy atom. The van der Waals surface area contributed by atoms with Gasteiger partial charge < -0.3 is 25.3 Å². The van der Waals surface area contributed by atoms with Crippen molar-refractivity contribution in [2.24, 2.45) is 11.8 Å². The number of rotatable bonds is 5. The summed E-state index contributed by atoms with van der Waals surface area (Å²) in [5, 5.41) is 14.2. The van der Waals surface area contributed by atoms with Crippen LogP contribution in [0.25, 0.3) is 11.2 Å². The lowest BCUT2D eigenvalue weighted by molar-refractivity contribution is 0.157. The maximum Gasteiger partial charge on any atom is 0.271 e. The number of hydrogen-bond donors (Lipinski definition) is 4. The van der Waals surface area contributed by atoms with Gasteiger partial charge in [-0.15, -0.1) is 0 Å². The summed E-state index contributed by atoms with van der Waals surface area (Å²) in [7, 11) is 1.00.